The van der Waals surface area contributed by atoms with E-state index < -0.39 is 11.7 Å². The van der Waals surface area contributed by atoms with Crippen molar-refractivity contribution in [2.24, 2.45) is 10.9 Å². The van der Waals surface area contributed by atoms with Crippen LogP contribution in [0.2, 0.25) is 0 Å². The third-order valence-electron chi connectivity index (χ3n) is 4.39. The van der Waals surface area contributed by atoms with Gasteiger partial charge in [0.05, 0.1) is 0 Å². The van der Waals surface area contributed by atoms with Crippen molar-refractivity contribution in [3.05, 3.63) is 0 Å². The summed E-state index contributed by atoms with van der Waals surface area (Å²) in [4.78, 5) is 29.5. The smallest absolute Gasteiger partial charge is 0.407 e. The number of guanidine groups is 1. The zero-order chi connectivity index (χ0) is 20.4. The van der Waals surface area contributed by atoms with Gasteiger partial charge >= 0.3 is 6.09 Å². The summed E-state index contributed by atoms with van der Waals surface area (Å²) in [5.74, 6) is 1.12. The second kappa shape index (κ2) is 11.0. The van der Waals surface area contributed by atoms with Crippen molar-refractivity contribution in [3.63, 3.8) is 0 Å². The molecule has 1 aliphatic carbocycles. The molecule has 0 aromatic heterocycles. The lowest BCUT2D eigenvalue weighted by atomic mass is 9.86. The lowest BCUT2D eigenvalue weighted by Gasteiger charge is -2.31. The second-order valence-corrected chi connectivity index (χ2v) is 8.32. The summed E-state index contributed by atoms with van der Waals surface area (Å²) in [6.45, 7) is 8.69. The fraction of sp³-hybridized carbons (Fsp3) is 0.842. The van der Waals surface area contributed by atoms with Crippen molar-refractivity contribution in [3.8, 4) is 0 Å². The molecule has 1 aliphatic rings. The first-order chi connectivity index (χ1) is 12.6. The van der Waals surface area contributed by atoms with Crippen LogP contribution in [0, 0.1) is 5.92 Å². The number of carbonyl (C=O) groups is 2. The average molecular weight is 384 g/mol. The summed E-state index contributed by atoms with van der Waals surface area (Å²) in [5, 5.41) is 9.36. The molecule has 0 aromatic carbocycles. The lowest BCUT2D eigenvalue weighted by Crippen LogP contribution is -2.49. The largest absolute Gasteiger partial charge is 0.444 e. The number of amides is 2. The average Bonchev–Trinajstić information content (AvgIpc) is 2.56. The van der Waals surface area contributed by atoms with E-state index in [2.05, 4.69) is 27.9 Å². The number of alkyl carbamates (subject to hydrolysis) is 1. The molecule has 2 atom stereocenters. The first-order valence-electron chi connectivity index (χ1n) is 9.80. The van der Waals surface area contributed by atoms with Crippen LogP contribution in [-0.2, 0) is 9.53 Å². The van der Waals surface area contributed by atoms with E-state index >= 15 is 0 Å². The fourth-order valence-corrected chi connectivity index (χ4v) is 2.81. The quantitative estimate of drug-likeness (QED) is 0.369. The number of carbonyl (C=O) groups excluding carboxylic acids is 2. The van der Waals surface area contributed by atoms with Gasteiger partial charge in [0.15, 0.2) is 5.96 Å². The van der Waals surface area contributed by atoms with Crippen molar-refractivity contribution in [2.75, 3.05) is 33.7 Å². The Bertz CT molecular complexity index is 514. The third kappa shape index (κ3) is 10.1. The molecule has 0 spiro atoms. The first-order valence-corrected chi connectivity index (χ1v) is 9.80. The topological polar surface area (TPSA) is 95.1 Å². The number of aliphatic imine (C=N–C) groups is 1. The van der Waals surface area contributed by atoms with Crippen LogP contribution < -0.4 is 16.0 Å². The molecule has 1 saturated carbocycles. The maximum absolute atomic E-state index is 11.8. The molecule has 0 heterocycles. The van der Waals surface area contributed by atoms with Gasteiger partial charge in [-0.25, -0.2) is 9.79 Å². The van der Waals surface area contributed by atoms with Gasteiger partial charge in [0.1, 0.15) is 12.1 Å². The van der Waals surface area contributed by atoms with E-state index in [4.69, 9.17) is 4.74 Å². The Morgan fingerprint density at radius 3 is 2.33 bits per heavy atom. The van der Waals surface area contributed by atoms with E-state index in [-0.39, 0.29) is 12.5 Å². The highest BCUT2D eigenvalue weighted by atomic mass is 16.6. The van der Waals surface area contributed by atoms with Crippen LogP contribution >= 0.6 is 0 Å². The Hall–Kier alpha value is -1.99. The van der Waals surface area contributed by atoms with Gasteiger partial charge in [0, 0.05) is 33.2 Å². The second-order valence-electron chi connectivity index (χ2n) is 8.32. The molecule has 8 heteroatoms. The molecular formula is C19H37N5O3. The van der Waals surface area contributed by atoms with Crippen LogP contribution in [0.4, 0.5) is 4.79 Å². The van der Waals surface area contributed by atoms with Gasteiger partial charge in [-0.3, -0.25) is 4.79 Å². The fourth-order valence-electron chi connectivity index (χ4n) is 2.81. The predicted octanol–water partition coefficient (Wildman–Crippen LogP) is 1.71. The Morgan fingerprint density at radius 2 is 1.74 bits per heavy atom. The van der Waals surface area contributed by atoms with Crippen molar-refractivity contribution >= 4 is 18.0 Å². The molecule has 3 N–H and O–H groups in total. The zero-order valence-electron chi connectivity index (χ0n) is 17.7. The summed E-state index contributed by atoms with van der Waals surface area (Å²) >= 11 is 0. The van der Waals surface area contributed by atoms with Crippen LogP contribution in [0.15, 0.2) is 4.99 Å². The molecule has 0 radical (unpaired) electrons. The standard InChI is InChI=1S/C19H37N5O3/c1-14-9-7-8-10-15(14)23-17(22-13-16(25)24(5)6)20-11-12-21-18(26)27-19(2,3)4/h14-15H,7-13H2,1-6H3,(H,21,26)(H2,20,22,23). The number of ether oxygens (including phenoxy) is 1. The Kier molecular flexibility index (Phi) is 9.38. The summed E-state index contributed by atoms with van der Waals surface area (Å²) in [7, 11) is 3.43. The number of nitrogens with zero attached hydrogens (tertiary/aromatic N) is 2. The molecule has 2 amide bonds. The van der Waals surface area contributed by atoms with Crippen molar-refractivity contribution < 1.29 is 14.3 Å². The molecule has 2 unspecified atom stereocenters. The molecular weight excluding hydrogens is 346 g/mol. The molecule has 1 fully saturated rings. The molecule has 156 valence electrons. The number of hydrogen-bond acceptors (Lipinski definition) is 4. The van der Waals surface area contributed by atoms with Crippen LogP contribution in [0.25, 0.3) is 0 Å². The summed E-state index contributed by atoms with van der Waals surface area (Å²) in [6.07, 6.45) is 4.31. The van der Waals surface area contributed by atoms with Crippen molar-refractivity contribution in [1.82, 2.24) is 20.9 Å². The number of nitrogens with one attached hydrogen (secondary N) is 3. The molecule has 1 rings (SSSR count). The van der Waals surface area contributed by atoms with Crippen LogP contribution in [-0.4, -0.2) is 68.2 Å². The minimum absolute atomic E-state index is 0.0559. The van der Waals surface area contributed by atoms with Crippen LogP contribution in [0.3, 0.4) is 0 Å². The van der Waals surface area contributed by atoms with E-state index in [1.807, 2.05) is 20.8 Å². The number of likely N-dealkylation sites (N-methyl/N-ethyl adjacent to an activating group) is 1. The Labute approximate surface area is 163 Å². The zero-order valence-corrected chi connectivity index (χ0v) is 17.7. The van der Waals surface area contributed by atoms with Gasteiger partial charge in [-0.1, -0.05) is 19.8 Å². The summed E-state index contributed by atoms with van der Waals surface area (Å²) in [6, 6.07) is 0.346. The van der Waals surface area contributed by atoms with Gasteiger partial charge in [-0.15, -0.1) is 0 Å². The van der Waals surface area contributed by atoms with E-state index in [0.717, 1.165) is 6.42 Å². The minimum atomic E-state index is -0.519. The first kappa shape index (κ1) is 23.0. The monoisotopic (exact) mass is 383 g/mol. The van der Waals surface area contributed by atoms with Crippen LogP contribution in [0.1, 0.15) is 53.4 Å². The number of rotatable bonds is 6. The highest BCUT2D eigenvalue weighted by molar-refractivity contribution is 5.85. The molecule has 0 aliphatic heterocycles. The van der Waals surface area contributed by atoms with E-state index in [0.29, 0.717) is 31.0 Å². The van der Waals surface area contributed by atoms with E-state index in [1.54, 1.807) is 14.1 Å². The molecule has 27 heavy (non-hydrogen) atoms. The summed E-state index contributed by atoms with van der Waals surface area (Å²) < 4.78 is 5.21. The molecule has 0 bridgehead atoms. The lowest BCUT2D eigenvalue weighted by molar-refractivity contribution is -0.127. The van der Waals surface area contributed by atoms with E-state index in [9.17, 15) is 9.59 Å². The Morgan fingerprint density at radius 1 is 1.11 bits per heavy atom. The van der Waals surface area contributed by atoms with Gasteiger partial charge in [-0.05, 0) is 39.5 Å². The molecule has 0 saturated heterocycles. The van der Waals surface area contributed by atoms with Gasteiger partial charge in [0.25, 0.3) is 0 Å². The molecule has 0 aromatic rings. The van der Waals surface area contributed by atoms with Crippen molar-refractivity contribution in [1.29, 1.82) is 0 Å². The highest BCUT2D eigenvalue weighted by Crippen LogP contribution is 2.23. The van der Waals surface area contributed by atoms with Gasteiger partial charge in [-0.2, -0.15) is 0 Å². The van der Waals surface area contributed by atoms with Gasteiger partial charge < -0.3 is 25.6 Å². The van der Waals surface area contributed by atoms with Gasteiger partial charge in [0.2, 0.25) is 5.91 Å². The predicted molar refractivity (Wildman–Crippen MR) is 108 cm³/mol. The van der Waals surface area contributed by atoms with Crippen LogP contribution in [0.5, 0.6) is 0 Å². The minimum Gasteiger partial charge on any atom is -0.444 e. The number of hydrogen-bond donors (Lipinski definition) is 3. The normalized spacial score (nSPS) is 20.6. The highest BCUT2D eigenvalue weighted by Gasteiger charge is 2.22. The van der Waals surface area contributed by atoms with E-state index in [1.165, 1.54) is 24.2 Å². The third-order valence-corrected chi connectivity index (χ3v) is 4.39. The maximum atomic E-state index is 11.8. The maximum Gasteiger partial charge on any atom is 0.407 e. The molecule has 8 nitrogen and oxygen atoms in total. The summed E-state index contributed by atoms with van der Waals surface area (Å²) in [5.41, 5.74) is -0.519. The SMILES string of the molecule is CC1CCCCC1NC(=NCC(=O)N(C)C)NCCNC(=O)OC(C)(C)C. The Balaban J connectivity index is 2.53. The van der Waals surface area contributed by atoms with Crippen molar-refractivity contribution in [2.45, 2.75) is 65.0 Å².